The largest absolute Gasteiger partial charge is 0.496 e. The first kappa shape index (κ1) is 15.6. The average molecular weight is 303 g/mol. The summed E-state index contributed by atoms with van der Waals surface area (Å²) in [4.78, 5) is 2.25. The van der Waals surface area contributed by atoms with Crippen LogP contribution in [0.5, 0.6) is 5.75 Å². The fourth-order valence-corrected chi connectivity index (χ4v) is 2.07. The number of aromatic nitrogens is 3. The molecule has 0 saturated carbocycles. The van der Waals surface area contributed by atoms with Crippen LogP contribution >= 0.6 is 0 Å². The lowest BCUT2D eigenvalue weighted by Gasteiger charge is -2.21. The second kappa shape index (κ2) is 7.30. The lowest BCUT2D eigenvalue weighted by molar-refractivity contribution is 0.414. The number of ether oxygens (including phenoxy) is 1. The highest BCUT2D eigenvalue weighted by molar-refractivity contribution is 5.85. The molecule has 1 aromatic carbocycles. The van der Waals surface area contributed by atoms with Gasteiger partial charge in [0.2, 0.25) is 0 Å². The van der Waals surface area contributed by atoms with Crippen molar-refractivity contribution >= 4 is 17.9 Å². The van der Waals surface area contributed by atoms with Crippen molar-refractivity contribution in [2.24, 2.45) is 5.10 Å². The smallest absolute Gasteiger partial charge is 0.263 e. The molecule has 0 unspecified atom stereocenters. The Balaban J connectivity index is 2.15. The van der Waals surface area contributed by atoms with Gasteiger partial charge in [-0.1, -0.05) is 0 Å². The van der Waals surface area contributed by atoms with Crippen molar-refractivity contribution in [3.8, 4) is 5.75 Å². The van der Waals surface area contributed by atoms with E-state index in [0.717, 1.165) is 30.1 Å². The summed E-state index contributed by atoms with van der Waals surface area (Å²) in [6.07, 6.45) is 3.04. The van der Waals surface area contributed by atoms with Crippen molar-refractivity contribution in [2.45, 2.75) is 13.8 Å². The molecule has 2 aromatic rings. The molecule has 8 heteroatoms. The van der Waals surface area contributed by atoms with Crippen LogP contribution in [0.4, 0.5) is 11.6 Å². The lowest BCUT2D eigenvalue weighted by Crippen LogP contribution is -2.21. The van der Waals surface area contributed by atoms with Crippen LogP contribution in [0, 0.1) is 0 Å². The molecule has 8 nitrogen and oxygen atoms in total. The molecule has 2 rings (SSSR count). The zero-order valence-corrected chi connectivity index (χ0v) is 13.0. The van der Waals surface area contributed by atoms with Gasteiger partial charge in [0.1, 0.15) is 12.1 Å². The number of rotatable bonds is 7. The van der Waals surface area contributed by atoms with Crippen molar-refractivity contribution in [3.63, 3.8) is 0 Å². The molecule has 0 fully saturated rings. The van der Waals surface area contributed by atoms with Gasteiger partial charge < -0.3 is 15.5 Å². The Morgan fingerprint density at radius 2 is 2.18 bits per heavy atom. The van der Waals surface area contributed by atoms with Gasteiger partial charge in [-0.15, -0.1) is 10.2 Å². The quantitative estimate of drug-likeness (QED) is 0.455. The van der Waals surface area contributed by atoms with Gasteiger partial charge in [-0.25, -0.2) is 10.1 Å². The number of methoxy groups -OCH3 is 1. The first-order valence-electron chi connectivity index (χ1n) is 7.06. The summed E-state index contributed by atoms with van der Waals surface area (Å²) in [6.45, 7) is 6.14. The molecule has 0 aliphatic heterocycles. The molecular weight excluding hydrogens is 282 g/mol. The van der Waals surface area contributed by atoms with Crippen molar-refractivity contribution in [1.29, 1.82) is 0 Å². The summed E-state index contributed by atoms with van der Waals surface area (Å²) in [5, 5.41) is 11.5. The van der Waals surface area contributed by atoms with Crippen LogP contribution in [0.2, 0.25) is 0 Å². The fraction of sp³-hybridized carbons (Fsp3) is 0.357. The van der Waals surface area contributed by atoms with Gasteiger partial charge in [0.05, 0.1) is 13.3 Å². The molecule has 0 aliphatic carbocycles. The summed E-state index contributed by atoms with van der Waals surface area (Å²) >= 11 is 0. The topological polar surface area (TPSA) is 93.6 Å². The molecule has 0 bridgehead atoms. The maximum atomic E-state index is 5.58. The highest BCUT2D eigenvalue weighted by Crippen LogP contribution is 2.24. The first-order chi connectivity index (χ1) is 10.7. The van der Waals surface area contributed by atoms with Crippen LogP contribution in [-0.4, -0.2) is 41.3 Å². The monoisotopic (exact) mass is 303 g/mol. The first-order valence-corrected chi connectivity index (χ1v) is 7.06. The summed E-state index contributed by atoms with van der Waals surface area (Å²) in [7, 11) is 1.64. The Hall–Kier alpha value is -2.77. The third-order valence-electron chi connectivity index (χ3n) is 3.29. The molecule has 0 aliphatic rings. The number of nitrogens with zero attached hydrogens (tertiary/aromatic N) is 5. The third kappa shape index (κ3) is 3.46. The number of nitrogens with one attached hydrogen (secondary N) is 1. The van der Waals surface area contributed by atoms with Gasteiger partial charge in [-0.05, 0) is 26.0 Å². The van der Waals surface area contributed by atoms with E-state index < -0.39 is 0 Å². The summed E-state index contributed by atoms with van der Waals surface area (Å²) in [5.74, 6) is 6.70. The summed E-state index contributed by atoms with van der Waals surface area (Å²) in [5.41, 5.74) is 4.69. The van der Waals surface area contributed by atoms with Crippen molar-refractivity contribution in [3.05, 3.63) is 30.1 Å². The van der Waals surface area contributed by atoms with E-state index in [-0.39, 0.29) is 0 Å². The maximum Gasteiger partial charge on any atom is 0.263 e. The predicted molar refractivity (Wildman–Crippen MR) is 87.9 cm³/mol. The van der Waals surface area contributed by atoms with Crippen LogP contribution in [0.25, 0.3) is 0 Å². The molecule has 3 N–H and O–H groups in total. The van der Waals surface area contributed by atoms with Gasteiger partial charge in [-0.2, -0.15) is 5.10 Å². The Morgan fingerprint density at radius 1 is 1.41 bits per heavy atom. The zero-order valence-electron chi connectivity index (χ0n) is 13.0. The van der Waals surface area contributed by atoms with Crippen LogP contribution < -0.4 is 20.9 Å². The number of hydrogen-bond acceptors (Lipinski definition) is 7. The molecule has 118 valence electrons. The van der Waals surface area contributed by atoms with Crippen molar-refractivity contribution in [2.75, 3.05) is 36.4 Å². The van der Waals surface area contributed by atoms with E-state index in [9.17, 15) is 0 Å². The number of hydrogen-bond donors (Lipinski definition) is 2. The van der Waals surface area contributed by atoms with Gasteiger partial charge in [-0.3, -0.25) is 0 Å². The number of nitrogens with two attached hydrogens (primary N) is 1. The second-order valence-electron chi connectivity index (χ2n) is 4.53. The number of anilines is 2. The molecule has 1 heterocycles. The Bertz CT molecular complexity index is 634. The van der Waals surface area contributed by atoms with Gasteiger partial charge >= 0.3 is 0 Å². The molecule has 0 amide bonds. The SMILES string of the molecule is CCN(CC)c1ccc(/C=N\Nc2nncn2N)c(OC)c1. The minimum atomic E-state index is 0.356. The lowest BCUT2D eigenvalue weighted by atomic mass is 10.2. The highest BCUT2D eigenvalue weighted by Gasteiger charge is 2.07. The summed E-state index contributed by atoms with van der Waals surface area (Å²) in [6, 6.07) is 6.01. The molecule has 22 heavy (non-hydrogen) atoms. The van der Waals surface area contributed by atoms with E-state index >= 15 is 0 Å². The van der Waals surface area contributed by atoms with Crippen LogP contribution in [-0.2, 0) is 0 Å². The van der Waals surface area contributed by atoms with Crippen molar-refractivity contribution in [1.82, 2.24) is 14.9 Å². The second-order valence-corrected chi connectivity index (χ2v) is 4.53. The molecule has 0 atom stereocenters. The minimum absolute atomic E-state index is 0.356. The van der Waals surface area contributed by atoms with Gasteiger partial charge in [0.15, 0.2) is 0 Å². The van der Waals surface area contributed by atoms with Crippen LogP contribution in [0.1, 0.15) is 19.4 Å². The van der Waals surface area contributed by atoms with E-state index in [1.165, 1.54) is 11.0 Å². The normalized spacial score (nSPS) is 10.9. The molecule has 1 aromatic heterocycles. The molecular formula is C14H21N7O. The third-order valence-corrected chi connectivity index (χ3v) is 3.29. The van der Waals surface area contributed by atoms with E-state index in [2.05, 4.69) is 39.5 Å². The molecule has 0 saturated heterocycles. The Kier molecular flexibility index (Phi) is 5.18. The van der Waals surface area contributed by atoms with Crippen LogP contribution in [0.3, 0.4) is 0 Å². The highest BCUT2D eigenvalue weighted by atomic mass is 16.5. The summed E-state index contributed by atoms with van der Waals surface area (Å²) < 4.78 is 6.68. The van der Waals surface area contributed by atoms with Crippen molar-refractivity contribution < 1.29 is 4.74 Å². The van der Waals surface area contributed by atoms with E-state index in [4.69, 9.17) is 10.6 Å². The molecule has 0 radical (unpaired) electrons. The maximum absolute atomic E-state index is 5.58. The van der Waals surface area contributed by atoms with Gasteiger partial charge in [0.25, 0.3) is 5.95 Å². The zero-order chi connectivity index (χ0) is 15.9. The minimum Gasteiger partial charge on any atom is -0.496 e. The van der Waals surface area contributed by atoms with E-state index in [0.29, 0.717) is 5.95 Å². The Labute approximate surface area is 129 Å². The number of benzene rings is 1. The number of hydrazone groups is 1. The standard InChI is InChI=1S/C14H21N7O/c1-4-20(5-2)12-7-6-11(13(8-12)22-3)9-16-18-14-19-17-10-21(14)15/h6-10H,4-5,15H2,1-3H3,(H,18,19)/b16-9-. The fourth-order valence-electron chi connectivity index (χ4n) is 2.07. The van der Waals surface area contributed by atoms with E-state index in [1.807, 2.05) is 18.2 Å². The van der Waals surface area contributed by atoms with Crippen LogP contribution in [0.15, 0.2) is 29.6 Å². The predicted octanol–water partition coefficient (Wildman–Crippen LogP) is 1.29. The number of nitrogen functional groups attached to an aromatic ring is 1. The van der Waals surface area contributed by atoms with Gasteiger partial charge in [0, 0.05) is 30.4 Å². The molecule has 0 spiro atoms. The Morgan fingerprint density at radius 3 is 2.77 bits per heavy atom. The average Bonchev–Trinajstić information content (AvgIpc) is 2.95. The van der Waals surface area contributed by atoms with E-state index in [1.54, 1.807) is 13.3 Å².